The Morgan fingerprint density at radius 1 is 1.35 bits per heavy atom. The van der Waals surface area contributed by atoms with Crippen molar-refractivity contribution >= 4 is 15.9 Å². The van der Waals surface area contributed by atoms with Crippen LogP contribution in [0.5, 0.6) is 0 Å². The monoisotopic (exact) mass is 304 g/mol. The summed E-state index contributed by atoms with van der Waals surface area (Å²) in [6.45, 7) is 2.03. The van der Waals surface area contributed by atoms with Crippen LogP contribution in [0.4, 0.5) is 0 Å². The molecule has 20 heavy (non-hydrogen) atoms. The van der Waals surface area contributed by atoms with Crippen LogP contribution in [0.1, 0.15) is 51.9 Å². The quantitative estimate of drug-likeness (QED) is 0.439. The Bertz CT molecular complexity index is 451. The Morgan fingerprint density at radius 3 is 2.75 bits per heavy atom. The summed E-state index contributed by atoms with van der Waals surface area (Å²) in [5.41, 5.74) is 1.62. The van der Waals surface area contributed by atoms with Crippen molar-refractivity contribution in [2.24, 2.45) is 5.92 Å². The smallest absolute Gasteiger partial charge is 0.261 e. The van der Waals surface area contributed by atoms with Crippen LogP contribution in [0.15, 0.2) is 0 Å². The van der Waals surface area contributed by atoms with Crippen LogP contribution in [0.3, 0.4) is 0 Å². The van der Waals surface area contributed by atoms with Crippen molar-refractivity contribution in [2.45, 2.75) is 64.0 Å². The van der Waals surface area contributed by atoms with E-state index < -0.39 is 22.0 Å². The fourth-order valence-corrected chi connectivity index (χ4v) is 5.63. The van der Waals surface area contributed by atoms with Crippen molar-refractivity contribution < 1.29 is 18.4 Å². The van der Waals surface area contributed by atoms with Gasteiger partial charge in [-0.3, -0.25) is 10.0 Å². The zero-order chi connectivity index (χ0) is 14.8. The van der Waals surface area contributed by atoms with Crippen LogP contribution in [-0.2, 0) is 14.8 Å². The summed E-state index contributed by atoms with van der Waals surface area (Å²) in [4.78, 5) is 11.8. The van der Waals surface area contributed by atoms with Crippen LogP contribution in [0.25, 0.3) is 0 Å². The maximum atomic E-state index is 12.5. The Morgan fingerprint density at radius 2 is 2.10 bits per heavy atom. The van der Waals surface area contributed by atoms with Gasteiger partial charge in [-0.15, -0.1) is 0 Å². The number of rotatable bonds is 6. The van der Waals surface area contributed by atoms with Gasteiger partial charge in [0, 0.05) is 6.04 Å². The topological polar surface area (TPSA) is 86.7 Å². The molecule has 2 N–H and O–H groups in total. The van der Waals surface area contributed by atoms with Gasteiger partial charge in [0.2, 0.25) is 10.0 Å². The van der Waals surface area contributed by atoms with Gasteiger partial charge >= 0.3 is 0 Å². The van der Waals surface area contributed by atoms with Crippen LogP contribution in [0.2, 0.25) is 0 Å². The lowest BCUT2D eigenvalue weighted by molar-refractivity contribution is -0.132. The van der Waals surface area contributed by atoms with Crippen molar-refractivity contribution in [3.63, 3.8) is 0 Å². The fraction of sp³-hybridized carbons (Fsp3) is 0.923. The van der Waals surface area contributed by atoms with E-state index in [4.69, 9.17) is 5.21 Å². The lowest BCUT2D eigenvalue weighted by atomic mass is 10.0. The average molecular weight is 304 g/mol. The molecule has 0 aromatic rings. The number of carbonyl (C=O) groups excluding carboxylic acids is 1. The number of hydrogen-bond acceptors (Lipinski definition) is 4. The molecule has 6 nitrogen and oxygen atoms in total. The second-order valence-electron chi connectivity index (χ2n) is 5.84. The lowest BCUT2D eigenvalue weighted by Crippen LogP contribution is -2.48. The number of nitrogens with zero attached hydrogens (tertiary/aromatic N) is 1. The van der Waals surface area contributed by atoms with Crippen molar-refractivity contribution in [3.05, 3.63) is 0 Å². The molecule has 1 saturated carbocycles. The zero-order valence-corrected chi connectivity index (χ0v) is 12.7. The molecule has 1 saturated heterocycles. The highest BCUT2D eigenvalue weighted by Crippen LogP contribution is 2.43. The van der Waals surface area contributed by atoms with E-state index in [1.54, 1.807) is 5.48 Å². The summed E-state index contributed by atoms with van der Waals surface area (Å²) >= 11 is 0. The maximum Gasteiger partial charge on any atom is 0.261 e. The summed E-state index contributed by atoms with van der Waals surface area (Å²) < 4.78 is 26.5. The molecule has 1 heterocycles. The first-order chi connectivity index (χ1) is 9.51. The molecule has 3 atom stereocenters. The van der Waals surface area contributed by atoms with Gasteiger partial charge in [-0.1, -0.05) is 26.2 Å². The van der Waals surface area contributed by atoms with E-state index in [1.165, 1.54) is 4.31 Å². The molecule has 0 aromatic carbocycles. The first-order valence-electron chi connectivity index (χ1n) is 7.46. The maximum absolute atomic E-state index is 12.5. The summed E-state index contributed by atoms with van der Waals surface area (Å²) in [5, 5.41) is 8.84. The number of hydroxylamine groups is 1. The van der Waals surface area contributed by atoms with Gasteiger partial charge in [0.1, 0.15) is 6.04 Å². The second kappa shape index (κ2) is 6.41. The predicted octanol–water partition coefficient (Wildman–Crippen LogP) is 1.25. The average Bonchev–Trinajstić information content (AvgIpc) is 2.97. The summed E-state index contributed by atoms with van der Waals surface area (Å²) in [6.07, 6.45) is 5.81. The van der Waals surface area contributed by atoms with E-state index in [2.05, 4.69) is 0 Å². The predicted molar refractivity (Wildman–Crippen MR) is 74.6 cm³/mol. The summed E-state index contributed by atoms with van der Waals surface area (Å²) in [6, 6.07) is -0.786. The summed E-state index contributed by atoms with van der Waals surface area (Å²) in [7, 11) is -3.43. The first-order valence-corrected chi connectivity index (χ1v) is 9.07. The zero-order valence-electron chi connectivity index (χ0n) is 11.9. The van der Waals surface area contributed by atoms with Gasteiger partial charge in [-0.25, -0.2) is 13.9 Å². The molecule has 0 aromatic heterocycles. The SMILES string of the molecule is CCCCCS(=O)(=O)N1C(C(=O)NO)CC2CCCC21. The van der Waals surface area contributed by atoms with E-state index in [0.29, 0.717) is 12.8 Å². The molecular weight excluding hydrogens is 280 g/mol. The van der Waals surface area contributed by atoms with Gasteiger partial charge in [0.05, 0.1) is 5.75 Å². The number of carbonyl (C=O) groups is 1. The molecule has 1 amide bonds. The number of amides is 1. The van der Waals surface area contributed by atoms with E-state index >= 15 is 0 Å². The van der Waals surface area contributed by atoms with E-state index in [1.807, 2.05) is 6.92 Å². The van der Waals surface area contributed by atoms with Gasteiger partial charge in [-0.05, 0) is 31.6 Å². The minimum Gasteiger partial charge on any atom is -0.289 e. The fourth-order valence-electron chi connectivity index (χ4n) is 3.59. The number of nitrogens with one attached hydrogen (secondary N) is 1. The minimum atomic E-state index is -3.43. The van der Waals surface area contributed by atoms with Crippen LogP contribution in [0, 0.1) is 5.92 Å². The molecule has 1 aliphatic heterocycles. The molecular formula is C13H24N2O4S. The Kier molecular flexibility index (Phi) is 5.04. The van der Waals surface area contributed by atoms with Gasteiger partial charge in [0.25, 0.3) is 5.91 Å². The number of hydrogen-bond donors (Lipinski definition) is 2. The second-order valence-corrected chi connectivity index (χ2v) is 7.83. The van der Waals surface area contributed by atoms with E-state index in [9.17, 15) is 13.2 Å². The standard InChI is InChI=1S/C13H24N2O4S/c1-2-3-4-8-20(18,19)15-11-7-5-6-10(11)9-12(15)13(16)14-17/h10-12,17H,2-9H2,1H3,(H,14,16). The van der Waals surface area contributed by atoms with E-state index in [0.717, 1.165) is 32.1 Å². The van der Waals surface area contributed by atoms with Gasteiger partial charge in [0.15, 0.2) is 0 Å². The molecule has 2 fully saturated rings. The Balaban J connectivity index is 2.17. The van der Waals surface area contributed by atoms with E-state index in [-0.39, 0.29) is 17.7 Å². The first kappa shape index (κ1) is 15.7. The lowest BCUT2D eigenvalue weighted by Gasteiger charge is -2.27. The highest BCUT2D eigenvalue weighted by molar-refractivity contribution is 7.89. The molecule has 1 aliphatic carbocycles. The van der Waals surface area contributed by atoms with Crippen molar-refractivity contribution in [1.82, 2.24) is 9.79 Å². The largest absolute Gasteiger partial charge is 0.289 e. The third-order valence-corrected chi connectivity index (χ3v) is 6.49. The molecule has 0 bridgehead atoms. The Labute approximate surface area is 120 Å². The number of sulfonamides is 1. The van der Waals surface area contributed by atoms with Gasteiger partial charge < -0.3 is 0 Å². The van der Waals surface area contributed by atoms with Crippen LogP contribution >= 0.6 is 0 Å². The normalized spacial score (nSPS) is 30.4. The van der Waals surface area contributed by atoms with Crippen molar-refractivity contribution in [2.75, 3.05) is 5.75 Å². The highest BCUT2D eigenvalue weighted by Gasteiger charge is 2.51. The number of unbranched alkanes of at least 4 members (excludes halogenated alkanes) is 2. The molecule has 2 aliphatic rings. The molecule has 0 radical (unpaired) electrons. The van der Waals surface area contributed by atoms with Crippen molar-refractivity contribution in [3.8, 4) is 0 Å². The third kappa shape index (κ3) is 2.99. The Hall–Kier alpha value is -0.660. The third-order valence-electron chi connectivity index (χ3n) is 4.52. The highest BCUT2D eigenvalue weighted by atomic mass is 32.2. The van der Waals surface area contributed by atoms with Crippen molar-refractivity contribution in [1.29, 1.82) is 0 Å². The van der Waals surface area contributed by atoms with Crippen LogP contribution < -0.4 is 5.48 Å². The molecule has 7 heteroatoms. The molecule has 116 valence electrons. The summed E-state index contributed by atoms with van der Waals surface area (Å²) in [5.74, 6) is -0.240. The number of fused-ring (bicyclic) bond motifs is 1. The van der Waals surface area contributed by atoms with Crippen LogP contribution in [-0.4, -0.2) is 41.7 Å². The molecule has 3 unspecified atom stereocenters. The van der Waals surface area contributed by atoms with Gasteiger partial charge in [-0.2, -0.15) is 4.31 Å². The molecule has 2 rings (SSSR count). The minimum absolute atomic E-state index is 0.0519. The molecule has 0 spiro atoms.